The van der Waals surface area contributed by atoms with Crippen LogP contribution in [-0.4, -0.2) is 174 Å². The summed E-state index contributed by atoms with van der Waals surface area (Å²) in [4.78, 5) is 152. The molecule has 1 aliphatic carbocycles. The minimum Gasteiger partial charge on any atom is -0.458 e. The number of nitrogens with zero attached hydrogens (tertiary/aromatic N) is 4. The number of cyclic esters (lactones) is 1. The highest BCUT2D eigenvalue weighted by Gasteiger charge is 2.46. The molecule has 3 aliphatic heterocycles. The van der Waals surface area contributed by atoms with Crippen LogP contribution in [0.4, 0.5) is 9.18 Å². The second-order valence-electron chi connectivity index (χ2n) is 22.0. The number of hydrogen-bond acceptors (Lipinski definition) is 18. The number of halogens is 1. The third kappa shape index (κ3) is 14.8. The molecule has 5 heterocycles. The third-order valence-electron chi connectivity index (χ3n) is 15.0. The molecular weight excluding hydrogens is 1140 g/mol. The summed E-state index contributed by atoms with van der Waals surface area (Å²) in [6, 6.07) is 7.86. The zero-order valence-electron chi connectivity index (χ0n) is 48.9. The molecule has 0 radical (unpaired) electrons. The quantitative estimate of drug-likeness (QED) is 0.0166. The van der Waals surface area contributed by atoms with Gasteiger partial charge >= 0.3 is 12.1 Å². The number of carbonyl (C=O) groups excluding carboxylic acids is 10. The van der Waals surface area contributed by atoms with Crippen molar-refractivity contribution in [1.82, 2.24) is 51.3 Å². The minimum absolute atomic E-state index is 0.0274. The molecule has 2 aromatic heterocycles. The van der Waals surface area contributed by atoms with E-state index in [0.29, 0.717) is 62.3 Å². The fourth-order valence-electron chi connectivity index (χ4n) is 10.6. The molecule has 8 rings (SSSR count). The number of hydrogen-bond donors (Lipinski definition) is 7. The largest absolute Gasteiger partial charge is 0.458 e. The van der Waals surface area contributed by atoms with E-state index in [1.165, 1.54) is 17.7 Å². The Morgan fingerprint density at radius 1 is 0.862 bits per heavy atom. The van der Waals surface area contributed by atoms with Gasteiger partial charge in [-0.1, -0.05) is 37.3 Å². The van der Waals surface area contributed by atoms with Gasteiger partial charge in [-0.15, -0.1) is 0 Å². The van der Waals surface area contributed by atoms with Crippen LogP contribution in [0.15, 0.2) is 59.4 Å². The number of methoxy groups -OCH3 is 1. The minimum atomic E-state index is -2.07. The standard InChI is InChI=1S/C59H69FN10O17/c1-7-59(82)37-22-42-52-35(27-69(42)55(79)36(37)29-86-56(59)80)51-39(14-13-34-32(2)38(60)23-40(67-52)50(34)51)65-47(74)30-85-31-64-45(72)25-62-53(77)41(21-33-11-9-8-10-12-33)66-46(73)26-61-44(71)24-63-54(78)43(70-48(75)15-16-49(70)76)28-68(17-18-84-20-19-83-6)57(81)87-58(3,4)5/h8-12,15-16,22-23,39,41,43,82H,7,13-14,17-21,24-31H2,1-6H3,(H,61,71)(H,62,77)(H,63,78)(H,64,72)(H,65,74)(H,66,73)/t39-,41-,43?,59-/m0/s1. The van der Waals surface area contributed by atoms with Gasteiger partial charge in [0.2, 0.25) is 35.4 Å². The lowest BCUT2D eigenvalue weighted by Gasteiger charge is -2.32. The number of ether oxygens (including phenoxy) is 5. The smallest absolute Gasteiger partial charge is 0.410 e. The normalized spacial score (nSPS) is 17.1. The van der Waals surface area contributed by atoms with E-state index >= 15 is 4.39 Å². The molecule has 0 saturated heterocycles. The summed E-state index contributed by atoms with van der Waals surface area (Å²) >= 11 is 0. The van der Waals surface area contributed by atoms with Crippen molar-refractivity contribution in [2.24, 2.45) is 0 Å². The van der Waals surface area contributed by atoms with Gasteiger partial charge in [-0.3, -0.25) is 48.1 Å². The van der Waals surface area contributed by atoms with E-state index in [1.54, 1.807) is 71.0 Å². The van der Waals surface area contributed by atoms with Gasteiger partial charge in [0.25, 0.3) is 17.4 Å². The Bertz CT molecular complexity index is 3480. The topological polar surface area (TPSA) is 351 Å². The van der Waals surface area contributed by atoms with Gasteiger partial charge in [0.15, 0.2) is 5.60 Å². The molecule has 0 spiro atoms. The second-order valence-corrected chi connectivity index (χ2v) is 22.0. The van der Waals surface area contributed by atoms with Crippen molar-refractivity contribution in [3.8, 4) is 11.4 Å². The lowest BCUT2D eigenvalue weighted by molar-refractivity contribution is -0.172. The first kappa shape index (κ1) is 64.0. The SMILES string of the molecule is CC[C@@]1(O)C(=O)OCc2c1cc1n(c2=O)Cc2c-1nc1cc(F)c(C)c3c1c2[C@@H](NC(=O)COCNC(=O)CNC(=O)[C@H](Cc1ccccc1)NC(=O)CNC(=O)CNC(=O)C(CN(CCOCCOC)C(=O)OC(C)(C)C)N1C(=O)C=CC1=O)CC3. The van der Waals surface area contributed by atoms with Gasteiger partial charge in [-0.2, -0.15) is 0 Å². The molecule has 2 aromatic carbocycles. The number of esters is 1. The summed E-state index contributed by atoms with van der Waals surface area (Å²) in [6.07, 6.45) is 1.64. The highest BCUT2D eigenvalue weighted by molar-refractivity contribution is 6.15. The maximum absolute atomic E-state index is 15.4. The van der Waals surface area contributed by atoms with Crippen LogP contribution in [-0.2, 0) is 98.4 Å². The number of aliphatic hydroxyl groups is 1. The first-order chi connectivity index (χ1) is 41.4. The number of aromatic nitrogens is 2. The number of imide groups is 1. The highest BCUT2D eigenvalue weighted by Crippen LogP contribution is 2.46. The van der Waals surface area contributed by atoms with Crippen LogP contribution in [0, 0.1) is 12.7 Å². The van der Waals surface area contributed by atoms with Crippen molar-refractivity contribution in [1.29, 1.82) is 0 Å². The average molecular weight is 1210 g/mol. The molecule has 4 aromatic rings. The summed E-state index contributed by atoms with van der Waals surface area (Å²) in [7, 11) is 1.48. The molecule has 0 fully saturated rings. The van der Waals surface area contributed by atoms with E-state index in [2.05, 4.69) is 31.9 Å². The number of nitrogens with one attached hydrogen (secondary N) is 6. The molecule has 28 heteroatoms. The number of pyridine rings is 2. The molecule has 9 amide bonds. The molecule has 27 nitrogen and oxygen atoms in total. The van der Waals surface area contributed by atoms with E-state index in [1.807, 2.05) is 0 Å². The van der Waals surface area contributed by atoms with Gasteiger partial charge in [-0.25, -0.2) is 19.0 Å². The fraction of sp³-hybridized carbons (Fsp3) is 0.458. The Morgan fingerprint density at radius 2 is 1.55 bits per heavy atom. The van der Waals surface area contributed by atoms with Crippen LogP contribution in [0.1, 0.15) is 85.5 Å². The predicted molar refractivity (Wildman–Crippen MR) is 304 cm³/mol. The van der Waals surface area contributed by atoms with Gasteiger partial charge < -0.3 is 70.2 Å². The Labute approximate surface area is 498 Å². The molecule has 7 N–H and O–H groups in total. The summed E-state index contributed by atoms with van der Waals surface area (Å²) in [5.41, 5.74) is 0.620. The first-order valence-electron chi connectivity index (χ1n) is 28.1. The summed E-state index contributed by atoms with van der Waals surface area (Å²) in [5.74, 6) is -7.85. The van der Waals surface area contributed by atoms with Crippen molar-refractivity contribution >= 4 is 70.2 Å². The van der Waals surface area contributed by atoms with Crippen LogP contribution < -0.4 is 37.5 Å². The summed E-state index contributed by atoms with van der Waals surface area (Å²) < 4.78 is 43.6. The molecule has 1 unspecified atom stereocenters. The van der Waals surface area contributed by atoms with E-state index in [0.717, 1.165) is 17.1 Å². The predicted octanol–water partition coefficient (Wildman–Crippen LogP) is -0.00928. The van der Waals surface area contributed by atoms with Crippen LogP contribution >= 0.6 is 0 Å². The highest BCUT2D eigenvalue weighted by atomic mass is 19.1. The Morgan fingerprint density at radius 3 is 2.24 bits per heavy atom. The Hall–Kier alpha value is -8.99. The van der Waals surface area contributed by atoms with E-state index in [-0.39, 0.29) is 69.0 Å². The lowest BCUT2D eigenvalue weighted by Crippen LogP contribution is -2.57. The van der Waals surface area contributed by atoms with Gasteiger partial charge in [0.05, 0.1) is 81.1 Å². The molecule has 4 atom stereocenters. The van der Waals surface area contributed by atoms with E-state index < -0.39 is 140 Å². The second kappa shape index (κ2) is 27.6. The van der Waals surface area contributed by atoms with Crippen molar-refractivity contribution in [3.63, 3.8) is 0 Å². The first-order valence-corrected chi connectivity index (χ1v) is 28.1. The van der Waals surface area contributed by atoms with Gasteiger partial charge in [0.1, 0.15) is 43.4 Å². The monoisotopic (exact) mass is 1210 g/mol. The average Bonchev–Trinajstić information content (AvgIpc) is 1.65. The number of fused-ring (bicyclic) bond motifs is 5. The zero-order valence-corrected chi connectivity index (χ0v) is 48.9. The number of rotatable bonds is 26. The molecule has 4 aliphatic rings. The van der Waals surface area contributed by atoms with Crippen LogP contribution in [0.5, 0.6) is 0 Å². The zero-order chi connectivity index (χ0) is 62.9. The Balaban J connectivity index is 0.833. The number of carbonyl (C=O) groups is 10. The van der Waals surface area contributed by atoms with Gasteiger partial charge in [-0.05, 0) is 75.3 Å². The van der Waals surface area contributed by atoms with Crippen LogP contribution in [0.25, 0.3) is 22.3 Å². The molecule has 464 valence electrons. The van der Waals surface area contributed by atoms with Crippen LogP contribution in [0.2, 0.25) is 0 Å². The maximum Gasteiger partial charge on any atom is 0.410 e. The lowest BCUT2D eigenvalue weighted by atomic mass is 9.81. The summed E-state index contributed by atoms with van der Waals surface area (Å²) in [6.45, 7) is 4.56. The molecule has 87 heavy (non-hydrogen) atoms. The molecule has 0 bridgehead atoms. The maximum atomic E-state index is 15.4. The Kier molecular flexibility index (Phi) is 20.3. The molecule has 0 saturated carbocycles. The number of aryl methyl sites for hydroxylation is 1. The molecular formula is C59H69FN10O17. The fourth-order valence-corrected chi connectivity index (χ4v) is 10.6. The van der Waals surface area contributed by atoms with Crippen molar-refractivity contribution in [2.45, 2.75) is 103 Å². The van der Waals surface area contributed by atoms with E-state index in [4.69, 9.17) is 28.7 Å². The third-order valence-corrected chi connectivity index (χ3v) is 15.0. The van der Waals surface area contributed by atoms with Crippen LogP contribution in [0.3, 0.4) is 0 Å². The van der Waals surface area contributed by atoms with Crippen molar-refractivity contribution < 1.29 is 81.1 Å². The summed E-state index contributed by atoms with van der Waals surface area (Å²) in [5, 5.41) is 27.1. The van der Waals surface area contributed by atoms with E-state index in [9.17, 15) is 57.8 Å². The number of amides is 9. The number of benzene rings is 2. The van der Waals surface area contributed by atoms with Gasteiger partial charge in [0, 0.05) is 54.8 Å². The van der Waals surface area contributed by atoms with Crippen molar-refractivity contribution in [2.75, 3.05) is 73.0 Å². The van der Waals surface area contributed by atoms with Crippen molar-refractivity contribution in [3.05, 3.63) is 110 Å².